The molecule has 19 heavy (non-hydrogen) atoms. The number of likely N-dealkylation sites (N-methyl/N-ethyl adjacent to an activating group) is 1. The molecule has 1 heterocycles. The Morgan fingerprint density at radius 3 is 3.16 bits per heavy atom. The van der Waals surface area contributed by atoms with Gasteiger partial charge in [-0.15, -0.1) is 11.8 Å². The second-order valence-electron chi connectivity index (χ2n) is 5.08. The molecule has 2 atom stereocenters. The number of rotatable bonds is 6. The van der Waals surface area contributed by atoms with Gasteiger partial charge in [0.1, 0.15) is 5.03 Å². The van der Waals surface area contributed by atoms with Crippen molar-refractivity contribution in [3.63, 3.8) is 0 Å². The summed E-state index contributed by atoms with van der Waals surface area (Å²) in [6.07, 6.45) is 6.46. The summed E-state index contributed by atoms with van der Waals surface area (Å²) < 4.78 is 1.06. The van der Waals surface area contributed by atoms with Gasteiger partial charge in [0, 0.05) is 16.2 Å². The minimum absolute atomic E-state index is 0.0537. The normalized spacial score (nSPS) is 26.8. The molecular weight excluding hydrogens is 324 g/mol. The lowest BCUT2D eigenvalue weighted by molar-refractivity contribution is 0.130. The minimum Gasteiger partial charge on any atom is -0.394 e. The van der Waals surface area contributed by atoms with E-state index < -0.39 is 0 Å². The summed E-state index contributed by atoms with van der Waals surface area (Å²) in [6, 6.07) is 3.96. The monoisotopic (exact) mass is 344 g/mol. The molecule has 2 unspecified atom stereocenters. The predicted molar refractivity (Wildman–Crippen MR) is 83.5 cm³/mol. The number of hydrogen-bond donors (Lipinski definition) is 2. The molecule has 0 amide bonds. The van der Waals surface area contributed by atoms with Gasteiger partial charge in [0.15, 0.2) is 0 Å². The van der Waals surface area contributed by atoms with Crippen LogP contribution < -0.4 is 5.32 Å². The van der Waals surface area contributed by atoms with Crippen LogP contribution >= 0.6 is 27.7 Å². The summed E-state index contributed by atoms with van der Waals surface area (Å²) in [4.78, 5) is 4.37. The standard InChI is InChI=1S/C14H21BrN2OS/c1-16-14(10-18)7-2-4-11(14)6-9-19-13-12(15)5-3-8-17-13/h3,5,8,11,16,18H,2,4,6-7,9-10H2,1H3. The molecule has 0 aromatic carbocycles. The third kappa shape index (κ3) is 3.51. The van der Waals surface area contributed by atoms with E-state index >= 15 is 0 Å². The molecule has 2 N–H and O–H groups in total. The largest absolute Gasteiger partial charge is 0.394 e. The van der Waals surface area contributed by atoms with Gasteiger partial charge in [-0.3, -0.25) is 0 Å². The first-order chi connectivity index (χ1) is 9.22. The number of thioether (sulfide) groups is 1. The van der Waals surface area contributed by atoms with E-state index in [1.807, 2.05) is 25.4 Å². The lowest BCUT2D eigenvalue weighted by atomic mass is 9.86. The third-order valence-electron chi connectivity index (χ3n) is 4.17. The fourth-order valence-corrected chi connectivity index (χ4v) is 4.49. The summed E-state index contributed by atoms with van der Waals surface area (Å²) in [5, 5.41) is 14.1. The Bertz CT molecular complexity index is 412. The van der Waals surface area contributed by atoms with Gasteiger partial charge in [-0.25, -0.2) is 4.98 Å². The van der Waals surface area contributed by atoms with Crippen molar-refractivity contribution in [2.24, 2.45) is 5.92 Å². The SMILES string of the molecule is CNC1(CO)CCCC1CCSc1ncccc1Br. The molecule has 1 aromatic rings. The van der Waals surface area contributed by atoms with E-state index in [4.69, 9.17) is 0 Å². The van der Waals surface area contributed by atoms with Gasteiger partial charge in [0.25, 0.3) is 0 Å². The number of aliphatic hydroxyl groups is 1. The highest BCUT2D eigenvalue weighted by atomic mass is 79.9. The average molecular weight is 345 g/mol. The first kappa shape index (κ1) is 15.3. The average Bonchev–Trinajstić information content (AvgIpc) is 2.84. The van der Waals surface area contributed by atoms with E-state index in [0.29, 0.717) is 5.92 Å². The highest BCUT2D eigenvalue weighted by Gasteiger charge is 2.40. The fraction of sp³-hybridized carbons (Fsp3) is 0.643. The van der Waals surface area contributed by atoms with E-state index in [9.17, 15) is 5.11 Å². The molecule has 0 saturated heterocycles. The van der Waals surface area contributed by atoms with Crippen LogP contribution in [0.15, 0.2) is 27.8 Å². The van der Waals surface area contributed by atoms with Crippen LogP contribution in [0.3, 0.4) is 0 Å². The van der Waals surface area contributed by atoms with Gasteiger partial charge in [0.05, 0.1) is 6.61 Å². The Hall–Kier alpha value is -0.100. The molecule has 1 aromatic heterocycles. The van der Waals surface area contributed by atoms with Crippen LogP contribution in [0.1, 0.15) is 25.7 Å². The van der Waals surface area contributed by atoms with Gasteiger partial charge >= 0.3 is 0 Å². The summed E-state index contributed by atoms with van der Waals surface area (Å²) >= 11 is 5.31. The zero-order valence-electron chi connectivity index (χ0n) is 11.2. The van der Waals surface area contributed by atoms with E-state index in [1.54, 1.807) is 11.8 Å². The number of pyridine rings is 1. The summed E-state index contributed by atoms with van der Waals surface area (Å²) in [6.45, 7) is 0.242. The van der Waals surface area contributed by atoms with Gasteiger partial charge in [-0.05, 0) is 66.0 Å². The van der Waals surface area contributed by atoms with Crippen LogP contribution in [-0.2, 0) is 0 Å². The Kier molecular flexibility index (Phi) is 5.69. The lowest BCUT2D eigenvalue weighted by Gasteiger charge is -2.33. The van der Waals surface area contributed by atoms with Crippen molar-refractivity contribution in [2.45, 2.75) is 36.2 Å². The Labute approximate surface area is 127 Å². The fourth-order valence-electron chi connectivity index (χ4n) is 2.96. The van der Waals surface area contributed by atoms with Crippen LogP contribution in [0.25, 0.3) is 0 Å². The summed E-state index contributed by atoms with van der Waals surface area (Å²) in [7, 11) is 1.97. The van der Waals surface area contributed by atoms with Crippen LogP contribution in [0, 0.1) is 5.92 Å². The first-order valence-corrected chi connectivity index (χ1v) is 8.53. The number of halogens is 1. The zero-order chi connectivity index (χ0) is 13.7. The third-order valence-corrected chi connectivity index (χ3v) is 6.11. The first-order valence-electron chi connectivity index (χ1n) is 6.75. The van der Waals surface area contributed by atoms with Crippen molar-refractivity contribution >= 4 is 27.7 Å². The zero-order valence-corrected chi connectivity index (χ0v) is 13.6. The van der Waals surface area contributed by atoms with Gasteiger partial charge < -0.3 is 10.4 Å². The molecule has 3 nitrogen and oxygen atoms in total. The van der Waals surface area contributed by atoms with Crippen molar-refractivity contribution in [3.05, 3.63) is 22.8 Å². The van der Waals surface area contributed by atoms with E-state index in [-0.39, 0.29) is 12.1 Å². The van der Waals surface area contributed by atoms with Crippen LogP contribution in [0.4, 0.5) is 0 Å². The molecular formula is C14H21BrN2OS. The Balaban J connectivity index is 1.87. The maximum atomic E-state index is 9.66. The van der Waals surface area contributed by atoms with Crippen molar-refractivity contribution in [1.82, 2.24) is 10.3 Å². The van der Waals surface area contributed by atoms with Crippen molar-refractivity contribution < 1.29 is 5.11 Å². The summed E-state index contributed by atoms with van der Waals surface area (Å²) in [5.74, 6) is 1.61. The number of nitrogens with zero attached hydrogens (tertiary/aromatic N) is 1. The van der Waals surface area contributed by atoms with Crippen molar-refractivity contribution in [2.75, 3.05) is 19.4 Å². The molecule has 106 valence electrons. The predicted octanol–water partition coefficient (Wildman–Crippen LogP) is 3.08. The van der Waals surface area contributed by atoms with Gasteiger partial charge in [-0.1, -0.05) is 6.42 Å². The number of nitrogens with one attached hydrogen (secondary N) is 1. The quantitative estimate of drug-likeness (QED) is 0.778. The minimum atomic E-state index is -0.0537. The maximum Gasteiger partial charge on any atom is 0.110 e. The Morgan fingerprint density at radius 1 is 1.63 bits per heavy atom. The molecule has 1 aliphatic carbocycles. The van der Waals surface area contributed by atoms with E-state index in [2.05, 4.69) is 26.2 Å². The van der Waals surface area contributed by atoms with Crippen molar-refractivity contribution in [3.8, 4) is 0 Å². The van der Waals surface area contributed by atoms with Crippen LogP contribution in [0.5, 0.6) is 0 Å². The second-order valence-corrected chi connectivity index (χ2v) is 7.02. The molecule has 1 saturated carbocycles. The second kappa shape index (κ2) is 7.07. The van der Waals surface area contributed by atoms with Gasteiger partial charge in [-0.2, -0.15) is 0 Å². The van der Waals surface area contributed by atoms with E-state index in [1.165, 1.54) is 12.8 Å². The number of aliphatic hydroxyl groups excluding tert-OH is 1. The lowest BCUT2D eigenvalue weighted by Crippen LogP contribution is -2.49. The molecule has 0 radical (unpaired) electrons. The molecule has 1 fully saturated rings. The Morgan fingerprint density at radius 2 is 2.47 bits per heavy atom. The molecule has 0 bridgehead atoms. The van der Waals surface area contributed by atoms with Crippen LogP contribution in [-0.4, -0.2) is 35.0 Å². The summed E-state index contributed by atoms with van der Waals surface area (Å²) in [5.41, 5.74) is -0.0537. The van der Waals surface area contributed by atoms with Crippen molar-refractivity contribution in [1.29, 1.82) is 0 Å². The smallest absolute Gasteiger partial charge is 0.110 e. The molecule has 5 heteroatoms. The van der Waals surface area contributed by atoms with Crippen LogP contribution in [0.2, 0.25) is 0 Å². The number of hydrogen-bond acceptors (Lipinski definition) is 4. The highest BCUT2D eigenvalue weighted by Crippen LogP contribution is 2.38. The van der Waals surface area contributed by atoms with E-state index in [0.717, 1.165) is 28.1 Å². The maximum absolute atomic E-state index is 9.66. The number of aromatic nitrogens is 1. The molecule has 0 aliphatic heterocycles. The molecule has 0 spiro atoms. The highest BCUT2D eigenvalue weighted by molar-refractivity contribution is 9.10. The molecule has 1 aliphatic rings. The topological polar surface area (TPSA) is 45.1 Å². The molecule has 2 rings (SSSR count). The van der Waals surface area contributed by atoms with Gasteiger partial charge in [0.2, 0.25) is 0 Å².